The van der Waals surface area contributed by atoms with Gasteiger partial charge in [-0.2, -0.15) is 0 Å². The Morgan fingerprint density at radius 1 is 1.44 bits per heavy atom. The summed E-state index contributed by atoms with van der Waals surface area (Å²) in [6.07, 6.45) is 2.84. The van der Waals surface area contributed by atoms with Crippen molar-refractivity contribution >= 4 is 11.6 Å². The summed E-state index contributed by atoms with van der Waals surface area (Å²) in [5, 5.41) is 9.94. The number of nitrogens with zero attached hydrogens (tertiary/aromatic N) is 3. The molecule has 4 N–H and O–H groups in total. The zero-order valence-corrected chi connectivity index (χ0v) is 10.7. The molecular formula is C11H19N5O2. The number of hydrogen-bond donors (Lipinski definition) is 3. The highest BCUT2D eigenvalue weighted by Crippen LogP contribution is 2.34. The van der Waals surface area contributed by atoms with Crippen LogP contribution in [0.15, 0.2) is 6.33 Å². The molecule has 7 nitrogen and oxygen atoms in total. The average Bonchev–Trinajstić information content (AvgIpc) is 2.37. The summed E-state index contributed by atoms with van der Waals surface area (Å²) in [6, 6.07) is 0. The summed E-state index contributed by atoms with van der Waals surface area (Å²) in [7, 11) is 1.56. The second-order valence-corrected chi connectivity index (χ2v) is 4.71. The minimum atomic E-state index is -0.592. The van der Waals surface area contributed by atoms with Gasteiger partial charge in [0.1, 0.15) is 6.33 Å². The molecule has 100 valence electrons. The van der Waals surface area contributed by atoms with Gasteiger partial charge in [-0.15, -0.1) is 0 Å². The number of ether oxygens (including phenoxy) is 1. The Bertz CT molecular complexity index is 414. The van der Waals surface area contributed by atoms with Crippen molar-refractivity contribution in [3.8, 4) is 5.75 Å². The summed E-state index contributed by atoms with van der Waals surface area (Å²) >= 11 is 0. The lowest BCUT2D eigenvalue weighted by atomic mass is 9.94. The van der Waals surface area contributed by atoms with Crippen molar-refractivity contribution in [2.24, 2.45) is 5.84 Å². The maximum Gasteiger partial charge on any atom is 0.205 e. The number of aliphatic hydroxyl groups is 1. The molecule has 1 aromatic heterocycles. The van der Waals surface area contributed by atoms with Crippen molar-refractivity contribution in [3.63, 3.8) is 0 Å². The first-order valence-corrected chi connectivity index (χ1v) is 5.90. The summed E-state index contributed by atoms with van der Waals surface area (Å²) < 4.78 is 5.30. The van der Waals surface area contributed by atoms with Gasteiger partial charge in [-0.1, -0.05) is 0 Å². The molecule has 2 heterocycles. The fourth-order valence-electron chi connectivity index (χ4n) is 2.08. The molecule has 0 atom stereocenters. The molecule has 1 aromatic rings. The van der Waals surface area contributed by atoms with E-state index in [1.54, 1.807) is 7.11 Å². The number of rotatable bonds is 3. The van der Waals surface area contributed by atoms with E-state index in [2.05, 4.69) is 20.3 Å². The quantitative estimate of drug-likeness (QED) is 0.520. The lowest BCUT2D eigenvalue weighted by Crippen LogP contribution is -2.43. The van der Waals surface area contributed by atoms with Gasteiger partial charge in [0.25, 0.3) is 0 Å². The lowest BCUT2D eigenvalue weighted by Gasteiger charge is -2.36. The van der Waals surface area contributed by atoms with Crippen LogP contribution in [0.25, 0.3) is 0 Å². The van der Waals surface area contributed by atoms with Crippen LogP contribution in [0.1, 0.15) is 19.8 Å². The highest BCUT2D eigenvalue weighted by atomic mass is 16.5. The van der Waals surface area contributed by atoms with Crippen molar-refractivity contribution in [2.45, 2.75) is 25.4 Å². The highest BCUT2D eigenvalue weighted by molar-refractivity contribution is 5.64. The fourth-order valence-corrected chi connectivity index (χ4v) is 2.08. The van der Waals surface area contributed by atoms with Gasteiger partial charge in [0.2, 0.25) is 5.75 Å². The molecule has 0 spiro atoms. The zero-order chi connectivity index (χ0) is 13.2. The van der Waals surface area contributed by atoms with Crippen molar-refractivity contribution < 1.29 is 9.84 Å². The van der Waals surface area contributed by atoms with Gasteiger partial charge in [0, 0.05) is 13.1 Å². The van der Waals surface area contributed by atoms with Gasteiger partial charge in [-0.05, 0) is 19.8 Å². The molecule has 0 aliphatic carbocycles. The number of nitrogens with two attached hydrogens (primary N) is 1. The second-order valence-electron chi connectivity index (χ2n) is 4.71. The first kappa shape index (κ1) is 12.8. The number of hydrazine groups is 1. The third-order valence-corrected chi connectivity index (χ3v) is 3.27. The van der Waals surface area contributed by atoms with Gasteiger partial charge >= 0.3 is 0 Å². The van der Waals surface area contributed by atoms with Crippen LogP contribution in [0, 0.1) is 0 Å². The lowest BCUT2D eigenvalue weighted by molar-refractivity contribution is 0.0349. The monoisotopic (exact) mass is 253 g/mol. The Labute approximate surface area is 106 Å². The van der Waals surface area contributed by atoms with Crippen LogP contribution in [0.3, 0.4) is 0 Å². The van der Waals surface area contributed by atoms with Gasteiger partial charge in [-0.25, -0.2) is 15.8 Å². The van der Waals surface area contributed by atoms with Crippen LogP contribution < -0.4 is 20.9 Å². The van der Waals surface area contributed by atoms with Crippen LogP contribution in [-0.2, 0) is 0 Å². The summed E-state index contributed by atoms with van der Waals surface area (Å²) in [5.74, 6) is 7.08. The molecule has 0 unspecified atom stereocenters. The summed E-state index contributed by atoms with van der Waals surface area (Å²) in [5.41, 5.74) is 1.90. The number of nitrogen functional groups attached to an aromatic ring is 1. The molecule has 0 aromatic carbocycles. The van der Waals surface area contributed by atoms with E-state index in [9.17, 15) is 5.11 Å². The van der Waals surface area contributed by atoms with E-state index in [1.165, 1.54) is 6.33 Å². The van der Waals surface area contributed by atoms with E-state index in [1.807, 2.05) is 6.92 Å². The van der Waals surface area contributed by atoms with Crippen LogP contribution in [0.2, 0.25) is 0 Å². The Kier molecular flexibility index (Phi) is 3.53. The first-order chi connectivity index (χ1) is 8.57. The number of piperidine rings is 1. The minimum absolute atomic E-state index is 0.458. The predicted molar refractivity (Wildman–Crippen MR) is 68.5 cm³/mol. The molecule has 1 fully saturated rings. The molecule has 1 aliphatic rings. The Morgan fingerprint density at radius 3 is 2.67 bits per heavy atom. The molecule has 0 saturated carbocycles. The summed E-state index contributed by atoms with van der Waals surface area (Å²) in [4.78, 5) is 10.3. The van der Waals surface area contributed by atoms with E-state index in [0.29, 0.717) is 30.2 Å². The SMILES string of the molecule is COc1c(NN)ncnc1N1CCC(C)(O)CC1. The first-order valence-electron chi connectivity index (χ1n) is 5.90. The van der Waals surface area contributed by atoms with Crippen molar-refractivity contribution in [2.75, 3.05) is 30.5 Å². The van der Waals surface area contributed by atoms with E-state index in [0.717, 1.165) is 13.1 Å². The third-order valence-electron chi connectivity index (χ3n) is 3.27. The number of aromatic nitrogens is 2. The predicted octanol–water partition coefficient (Wildman–Crippen LogP) is 0.122. The molecule has 0 amide bonds. The Balaban J connectivity index is 2.23. The topological polar surface area (TPSA) is 96.5 Å². The summed E-state index contributed by atoms with van der Waals surface area (Å²) in [6.45, 7) is 3.31. The van der Waals surface area contributed by atoms with E-state index < -0.39 is 5.60 Å². The van der Waals surface area contributed by atoms with Crippen molar-refractivity contribution in [1.29, 1.82) is 0 Å². The molecular weight excluding hydrogens is 234 g/mol. The maximum atomic E-state index is 9.94. The van der Waals surface area contributed by atoms with Crippen LogP contribution in [-0.4, -0.2) is 40.9 Å². The molecule has 0 radical (unpaired) electrons. The van der Waals surface area contributed by atoms with Crippen molar-refractivity contribution in [3.05, 3.63) is 6.33 Å². The van der Waals surface area contributed by atoms with Crippen LogP contribution >= 0.6 is 0 Å². The number of methoxy groups -OCH3 is 1. The van der Waals surface area contributed by atoms with Gasteiger partial charge in [0.05, 0.1) is 12.7 Å². The largest absolute Gasteiger partial charge is 0.490 e. The molecule has 1 saturated heterocycles. The second kappa shape index (κ2) is 4.95. The number of hydrogen-bond acceptors (Lipinski definition) is 7. The van der Waals surface area contributed by atoms with E-state index >= 15 is 0 Å². The maximum absolute atomic E-state index is 9.94. The fraction of sp³-hybridized carbons (Fsp3) is 0.636. The third kappa shape index (κ3) is 2.46. The van der Waals surface area contributed by atoms with Crippen LogP contribution in [0.4, 0.5) is 11.6 Å². The smallest absolute Gasteiger partial charge is 0.205 e. The van der Waals surface area contributed by atoms with Gasteiger partial charge in [-0.3, -0.25) is 0 Å². The van der Waals surface area contributed by atoms with E-state index in [4.69, 9.17) is 10.6 Å². The van der Waals surface area contributed by atoms with Crippen LogP contribution in [0.5, 0.6) is 5.75 Å². The normalized spacial score (nSPS) is 18.6. The van der Waals surface area contributed by atoms with Gasteiger partial charge < -0.3 is 20.2 Å². The van der Waals surface area contributed by atoms with Gasteiger partial charge in [0.15, 0.2) is 11.6 Å². The highest BCUT2D eigenvalue weighted by Gasteiger charge is 2.29. The standard InChI is InChI=1S/C11H19N5O2/c1-11(17)3-5-16(6-4-11)10-8(18-2)9(15-12)13-7-14-10/h7,17H,3-6,12H2,1-2H3,(H,13,14,15). The molecule has 1 aliphatic heterocycles. The number of anilines is 2. The number of nitrogens with one attached hydrogen (secondary N) is 1. The molecule has 7 heteroatoms. The van der Waals surface area contributed by atoms with Crippen molar-refractivity contribution in [1.82, 2.24) is 9.97 Å². The molecule has 2 rings (SSSR count). The zero-order valence-electron chi connectivity index (χ0n) is 10.7. The molecule has 0 bridgehead atoms. The van der Waals surface area contributed by atoms with E-state index in [-0.39, 0.29) is 0 Å². The minimum Gasteiger partial charge on any atom is -0.490 e. The Hall–Kier alpha value is -1.60. The average molecular weight is 253 g/mol. The Morgan fingerprint density at radius 2 is 2.11 bits per heavy atom. The molecule has 18 heavy (non-hydrogen) atoms.